The second-order valence-corrected chi connectivity index (χ2v) is 7.39. The Morgan fingerprint density at radius 3 is 2.44 bits per heavy atom. The molecule has 0 bridgehead atoms. The lowest BCUT2D eigenvalue weighted by molar-refractivity contribution is -0.389. The van der Waals surface area contributed by atoms with Crippen molar-refractivity contribution in [2.75, 3.05) is 38.2 Å². The van der Waals surface area contributed by atoms with Gasteiger partial charge in [0.1, 0.15) is 0 Å². The van der Waals surface area contributed by atoms with Crippen molar-refractivity contribution in [3.63, 3.8) is 0 Å². The van der Waals surface area contributed by atoms with Gasteiger partial charge in [-0.1, -0.05) is 18.2 Å². The number of piperazine rings is 1. The molecule has 166 valence electrons. The summed E-state index contributed by atoms with van der Waals surface area (Å²) < 4.78 is 6.46. The number of hydrogen-bond acceptors (Lipinski definition) is 9. The summed E-state index contributed by atoms with van der Waals surface area (Å²) in [7, 11) is 1.53. The zero-order valence-electron chi connectivity index (χ0n) is 17.8. The first-order valence-electron chi connectivity index (χ1n) is 10.1. The van der Waals surface area contributed by atoms with Gasteiger partial charge in [-0.2, -0.15) is 4.68 Å². The molecule has 11 nitrogen and oxygen atoms in total. The third-order valence-corrected chi connectivity index (χ3v) is 5.52. The van der Waals surface area contributed by atoms with Crippen LogP contribution in [0.3, 0.4) is 0 Å². The highest BCUT2D eigenvalue weighted by Gasteiger charge is 2.30. The smallest absolute Gasteiger partial charge is 0.390 e. The highest BCUT2D eigenvalue weighted by Crippen LogP contribution is 2.31. The molecule has 1 aliphatic heterocycles. The summed E-state index contributed by atoms with van der Waals surface area (Å²) in [5.74, 6) is -0.261. The van der Waals surface area contributed by atoms with Crippen LogP contribution in [0, 0.1) is 17.0 Å². The Hall–Kier alpha value is -3.86. The lowest BCUT2D eigenvalue weighted by Gasteiger charge is -2.38. The zero-order chi connectivity index (χ0) is 22.7. The molecule has 1 saturated heterocycles. The molecule has 1 aliphatic rings. The molecule has 0 spiro atoms. The van der Waals surface area contributed by atoms with Crippen LogP contribution in [0.1, 0.15) is 11.9 Å². The number of aryl methyl sites for hydroxylation is 1. The minimum Gasteiger partial charge on any atom is -0.467 e. The number of aromatic nitrogens is 4. The van der Waals surface area contributed by atoms with Crippen LogP contribution in [0.25, 0.3) is 11.1 Å². The molecule has 1 unspecified atom stereocenters. The summed E-state index contributed by atoms with van der Waals surface area (Å²) in [6.07, 6.45) is 3.56. The van der Waals surface area contributed by atoms with Crippen LogP contribution in [0.5, 0.6) is 6.01 Å². The van der Waals surface area contributed by atoms with Crippen molar-refractivity contribution < 1.29 is 14.5 Å². The van der Waals surface area contributed by atoms with Gasteiger partial charge in [-0.3, -0.25) is 9.69 Å². The first-order chi connectivity index (χ1) is 15.5. The fourth-order valence-electron chi connectivity index (χ4n) is 3.91. The van der Waals surface area contributed by atoms with Gasteiger partial charge in [0.15, 0.2) is 12.5 Å². The number of para-hydroxylation sites is 1. The Morgan fingerprint density at radius 2 is 1.84 bits per heavy atom. The zero-order valence-corrected chi connectivity index (χ0v) is 17.8. The number of ether oxygens (including phenoxy) is 1. The summed E-state index contributed by atoms with van der Waals surface area (Å²) in [6.45, 7) is 4.27. The molecule has 0 aliphatic carbocycles. The number of nitrogens with zero attached hydrogens (tertiary/aromatic N) is 7. The van der Waals surface area contributed by atoms with Gasteiger partial charge < -0.3 is 19.8 Å². The van der Waals surface area contributed by atoms with Crippen molar-refractivity contribution in [1.82, 2.24) is 24.6 Å². The minimum absolute atomic E-state index is 0.261. The van der Waals surface area contributed by atoms with E-state index in [2.05, 4.69) is 20.0 Å². The minimum atomic E-state index is -0.684. The Balaban J connectivity index is 1.51. The van der Waals surface area contributed by atoms with E-state index in [1.165, 1.54) is 17.9 Å². The molecule has 0 amide bonds. The average molecular weight is 437 g/mol. The lowest BCUT2D eigenvalue weighted by atomic mass is 10.1. The average Bonchev–Trinajstić information content (AvgIpc) is 3.22. The van der Waals surface area contributed by atoms with E-state index >= 15 is 0 Å². The van der Waals surface area contributed by atoms with Crippen LogP contribution in [0.2, 0.25) is 0 Å². The third kappa shape index (κ3) is 4.14. The Labute approximate surface area is 184 Å². The SMILES string of the molecule is COc1ncc(-c2ccccc2N2CCN(C(C=O)n3nc([N+](=O)[O-])cc3C)CC2)cn1. The number of methoxy groups -OCH3 is 1. The molecule has 4 rings (SSSR count). The van der Waals surface area contributed by atoms with Crippen LogP contribution in [-0.4, -0.2) is 69.1 Å². The highest BCUT2D eigenvalue weighted by atomic mass is 16.6. The maximum Gasteiger partial charge on any atom is 0.390 e. The molecule has 1 aromatic carbocycles. The largest absolute Gasteiger partial charge is 0.467 e. The Bertz CT molecular complexity index is 1110. The summed E-state index contributed by atoms with van der Waals surface area (Å²) in [6, 6.07) is 9.71. The molecule has 2 aromatic heterocycles. The number of aldehydes is 1. The predicted octanol–water partition coefficient (Wildman–Crippen LogP) is 2.09. The van der Waals surface area contributed by atoms with E-state index < -0.39 is 11.1 Å². The molecular weight excluding hydrogens is 414 g/mol. The van der Waals surface area contributed by atoms with Gasteiger partial charge in [0.25, 0.3) is 0 Å². The Kier molecular flexibility index (Phi) is 6.08. The molecule has 0 N–H and O–H groups in total. The van der Waals surface area contributed by atoms with Crippen molar-refractivity contribution in [2.24, 2.45) is 0 Å². The van der Waals surface area contributed by atoms with Crippen molar-refractivity contribution >= 4 is 17.8 Å². The fraction of sp³-hybridized carbons (Fsp3) is 0.333. The topological polar surface area (TPSA) is 120 Å². The number of benzene rings is 1. The molecule has 32 heavy (non-hydrogen) atoms. The van der Waals surface area contributed by atoms with Crippen molar-refractivity contribution in [2.45, 2.75) is 13.1 Å². The summed E-state index contributed by atoms with van der Waals surface area (Å²) in [5, 5.41) is 15.1. The standard InChI is InChI=1S/C21H23N7O4/c1-15-11-19(28(30)31)24-27(15)20(14-29)26-9-7-25(8-10-26)18-6-4-3-5-17(18)16-12-22-21(32-2)23-13-16/h3-6,11-14,20H,7-10H2,1-2H3. The quantitative estimate of drug-likeness (QED) is 0.311. The maximum absolute atomic E-state index is 11.9. The van der Waals surface area contributed by atoms with Gasteiger partial charge in [0.05, 0.1) is 24.0 Å². The van der Waals surface area contributed by atoms with E-state index in [9.17, 15) is 14.9 Å². The van der Waals surface area contributed by atoms with Crippen LogP contribution in [-0.2, 0) is 4.79 Å². The molecule has 3 heterocycles. The number of nitro groups is 1. The van der Waals surface area contributed by atoms with Gasteiger partial charge in [0, 0.05) is 55.4 Å². The van der Waals surface area contributed by atoms with Gasteiger partial charge in [0.2, 0.25) is 0 Å². The summed E-state index contributed by atoms with van der Waals surface area (Å²) >= 11 is 0. The molecule has 1 fully saturated rings. The summed E-state index contributed by atoms with van der Waals surface area (Å²) in [4.78, 5) is 35.0. The van der Waals surface area contributed by atoms with Crippen LogP contribution >= 0.6 is 0 Å². The molecule has 3 aromatic rings. The predicted molar refractivity (Wildman–Crippen MR) is 117 cm³/mol. The van der Waals surface area contributed by atoms with Gasteiger partial charge in [-0.25, -0.2) is 9.97 Å². The first-order valence-corrected chi connectivity index (χ1v) is 10.1. The van der Waals surface area contributed by atoms with Gasteiger partial charge in [-0.05, 0) is 17.9 Å². The second-order valence-electron chi connectivity index (χ2n) is 7.39. The number of anilines is 1. The molecule has 1 atom stereocenters. The Morgan fingerprint density at radius 1 is 1.16 bits per heavy atom. The number of rotatable bonds is 7. The van der Waals surface area contributed by atoms with Crippen LogP contribution < -0.4 is 9.64 Å². The summed E-state index contributed by atoms with van der Waals surface area (Å²) in [5.41, 5.74) is 3.51. The fourth-order valence-corrected chi connectivity index (χ4v) is 3.91. The number of hydrogen-bond donors (Lipinski definition) is 0. The number of carbonyl (C=O) groups is 1. The maximum atomic E-state index is 11.9. The first kappa shape index (κ1) is 21.4. The third-order valence-electron chi connectivity index (χ3n) is 5.52. The highest BCUT2D eigenvalue weighted by molar-refractivity contribution is 5.78. The van der Waals surface area contributed by atoms with Crippen molar-refractivity contribution in [3.05, 3.63) is 58.5 Å². The van der Waals surface area contributed by atoms with Crippen molar-refractivity contribution in [3.8, 4) is 17.1 Å². The van der Waals surface area contributed by atoms with E-state index in [-0.39, 0.29) is 5.82 Å². The van der Waals surface area contributed by atoms with E-state index in [1.807, 2.05) is 29.2 Å². The molecular formula is C21H23N7O4. The van der Waals surface area contributed by atoms with Gasteiger partial charge >= 0.3 is 11.8 Å². The molecule has 11 heteroatoms. The lowest BCUT2D eigenvalue weighted by Crippen LogP contribution is -2.49. The van der Waals surface area contributed by atoms with Gasteiger partial charge in [-0.15, -0.1) is 0 Å². The van der Waals surface area contributed by atoms with E-state index in [4.69, 9.17) is 4.74 Å². The van der Waals surface area contributed by atoms with E-state index in [1.54, 1.807) is 19.3 Å². The van der Waals surface area contributed by atoms with Crippen molar-refractivity contribution in [1.29, 1.82) is 0 Å². The van der Waals surface area contributed by atoms with Crippen LogP contribution in [0.15, 0.2) is 42.7 Å². The molecule has 0 radical (unpaired) electrons. The second kappa shape index (κ2) is 9.10. The number of carbonyl (C=O) groups excluding carboxylic acids is 1. The molecule has 0 saturated carbocycles. The van der Waals surface area contributed by atoms with E-state index in [0.717, 1.165) is 23.1 Å². The monoisotopic (exact) mass is 437 g/mol. The van der Waals surface area contributed by atoms with Crippen LogP contribution in [0.4, 0.5) is 11.5 Å². The normalized spacial score (nSPS) is 15.4. The van der Waals surface area contributed by atoms with E-state index in [0.29, 0.717) is 37.9 Å².